The van der Waals surface area contributed by atoms with Gasteiger partial charge in [-0.15, -0.1) is 0 Å². The number of carbonyl (C=O) groups excluding carboxylic acids is 2. The molecule has 1 N–H and O–H groups in total. The third-order valence-corrected chi connectivity index (χ3v) is 2.19. The molecule has 2 amide bonds. The Balaban J connectivity index is 2.55. The summed E-state index contributed by atoms with van der Waals surface area (Å²) in [6.45, 7) is 3.72. The van der Waals surface area contributed by atoms with E-state index in [2.05, 4.69) is 0 Å². The minimum atomic E-state index is -0.513. The Morgan fingerprint density at radius 3 is 2.15 bits per heavy atom. The first-order valence-corrected chi connectivity index (χ1v) is 4.24. The van der Waals surface area contributed by atoms with E-state index in [1.54, 1.807) is 13.8 Å². The quantitative estimate of drug-likeness (QED) is 0.623. The van der Waals surface area contributed by atoms with Gasteiger partial charge in [-0.25, -0.2) is 0 Å². The van der Waals surface area contributed by atoms with Gasteiger partial charge in [0.25, 0.3) is 11.8 Å². The molecule has 1 rings (SSSR count). The molecule has 2 atom stereocenters. The van der Waals surface area contributed by atoms with Crippen molar-refractivity contribution in [1.82, 2.24) is 4.90 Å². The Kier molecular flexibility index (Phi) is 2.83. The summed E-state index contributed by atoms with van der Waals surface area (Å²) in [6.07, 6.45) is 1.98. The van der Waals surface area contributed by atoms with Crippen molar-refractivity contribution < 1.29 is 14.7 Å². The van der Waals surface area contributed by atoms with Crippen molar-refractivity contribution in [3.8, 4) is 0 Å². The molecule has 72 valence electrons. The van der Waals surface area contributed by atoms with Crippen molar-refractivity contribution in [1.29, 1.82) is 0 Å². The van der Waals surface area contributed by atoms with Gasteiger partial charge in [0.2, 0.25) is 0 Å². The number of aliphatic hydroxyl groups excluding tert-OH is 1. The fraction of sp³-hybridized carbons (Fsp3) is 0.556. The van der Waals surface area contributed by atoms with Crippen LogP contribution in [0.4, 0.5) is 0 Å². The molecule has 0 saturated carbocycles. The number of hydrogen-bond donors (Lipinski definition) is 1. The normalized spacial score (nSPS) is 21.0. The summed E-state index contributed by atoms with van der Waals surface area (Å²) in [5.74, 6) is -0.678. The van der Waals surface area contributed by atoms with Crippen LogP contribution in [0.25, 0.3) is 0 Å². The van der Waals surface area contributed by atoms with Crippen molar-refractivity contribution in [3.63, 3.8) is 0 Å². The van der Waals surface area contributed by atoms with Crippen molar-refractivity contribution >= 4 is 11.8 Å². The topological polar surface area (TPSA) is 57.6 Å². The summed E-state index contributed by atoms with van der Waals surface area (Å²) < 4.78 is 0. The van der Waals surface area contributed by atoms with Crippen LogP contribution in [-0.4, -0.2) is 34.5 Å². The van der Waals surface area contributed by atoms with Crippen LogP contribution < -0.4 is 0 Å². The third-order valence-electron chi connectivity index (χ3n) is 2.19. The minimum absolute atomic E-state index is 0.0900. The molecule has 0 bridgehead atoms. The molecule has 0 radical (unpaired) electrons. The van der Waals surface area contributed by atoms with Crippen LogP contribution in [0.3, 0.4) is 0 Å². The average Bonchev–Trinajstić information content (AvgIpc) is 2.35. The van der Waals surface area contributed by atoms with Crippen LogP contribution >= 0.6 is 0 Å². The lowest BCUT2D eigenvalue weighted by atomic mass is 10.1. The Morgan fingerprint density at radius 1 is 1.31 bits per heavy atom. The monoisotopic (exact) mass is 183 g/mol. The highest BCUT2D eigenvalue weighted by Gasteiger charge is 2.25. The lowest BCUT2D eigenvalue weighted by Gasteiger charge is -2.20. The van der Waals surface area contributed by atoms with Gasteiger partial charge in [0, 0.05) is 18.7 Å². The van der Waals surface area contributed by atoms with Gasteiger partial charge in [-0.3, -0.25) is 14.5 Å². The fourth-order valence-corrected chi connectivity index (χ4v) is 1.05. The molecule has 0 fully saturated rings. The average molecular weight is 183 g/mol. The first-order chi connectivity index (χ1) is 6.02. The summed E-state index contributed by atoms with van der Waals surface area (Å²) >= 11 is 0. The molecule has 13 heavy (non-hydrogen) atoms. The summed E-state index contributed by atoms with van der Waals surface area (Å²) in [4.78, 5) is 23.3. The van der Waals surface area contributed by atoms with E-state index in [-0.39, 0.29) is 24.3 Å². The van der Waals surface area contributed by atoms with Gasteiger partial charge < -0.3 is 5.11 Å². The molecular weight excluding hydrogens is 170 g/mol. The first-order valence-electron chi connectivity index (χ1n) is 4.24. The number of nitrogens with zero attached hydrogens (tertiary/aromatic N) is 1. The maximum atomic E-state index is 11.1. The highest BCUT2D eigenvalue weighted by molar-refractivity contribution is 6.12. The second kappa shape index (κ2) is 3.70. The standard InChI is InChI=1S/C9H13NO3/c1-6(7(2)11)5-10-8(12)3-4-9(10)13/h3-4,6-7,11H,5H2,1-2H3. The summed E-state index contributed by atoms with van der Waals surface area (Å²) in [5.41, 5.74) is 0. The van der Waals surface area contributed by atoms with Crippen LogP contribution in [-0.2, 0) is 9.59 Å². The van der Waals surface area contributed by atoms with Crippen molar-refractivity contribution in [2.45, 2.75) is 20.0 Å². The summed E-state index contributed by atoms with van der Waals surface area (Å²) in [6, 6.07) is 0. The van der Waals surface area contributed by atoms with E-state index < -0.39 is 6.10 Å². The molecule has 1 heterocycles. The van der Waals surface area contributed by atoms with Crippen LogP contribution in [0.15, 0.2) is 12.2 Å². The second-order valence-corrected chi connectivity index (χ2v) is 3.34. The van der Waals surface area contributed by atoms with Gasteiger partial charge in [0.1, 0.15) is 0 Å². The molecule has 4 nitrogen and oxygen atoms in total. The van der Waals surface area contributed by atoms with Gasteiger partial charge in [-0.05, 0) is 12.8 Å². The summed E-state index contributed by atoms with van der Waals surface area (Å²) in [5, 5.41) is 9.18. The largest absolute Gasteiger partial charge is 0.393 e. The van der Waals surface area contributed by atoms with Crippen molar-refractivity contribution in [3.05, 3.63) is 12.2 Å². The van der Waals surface area contributed by atoms with Gasteiger partial charge in [-0.1, -0.05) is 6.92 Å². The van der Waals surface area contributed by atoms with E-state index in [4.69, 9.17) is 0 Å². The molecule has 0 aromatic carbocycles. The highest BCUT2D eigenvalue weighted by atomic mass is 16.3. The van der Waals surface area contributed by atoms with E-state index >= 15 is 0 Å². The zero-order chi connectivity index (χ0) is 10.0. The third kappa shape index (κ3) is 2.15. The molecule has 2 unspecified atom stereocenters. The smallest absolute Gasteiger partial charge is 0.253 e. The zero-order valence-electron chi connectivity index (χ0n) is 7.73. The van der Waals surface area contributed by atoms with Gasteiger partial charge in [0.05, 0.1) is 6.10 Å². The van der Waals surface area contributed by atoms with Crippen molar-refractivity contribution in [2.24, 2.45) is 5.92 Å². The molecular formula is C9H13NO3. The fourth-order valence-electron chi connectivity index (χ4n) is 1.05. The van der Waals surface area contributed by atoms with Crippen LogP contribution in [0.2, 0.25) is 0 Å². The molecule has 0 aromatic heterocycles. The van der Waals surface area contributed by atoms with E-state index in [0.717, 1.165) is 4.90 Å². The number of rotatable bonds is 3. The van der Waals surface area contributed by atoms with Crippen LogP contribution in [0.5, 0.6) is 0 Å². The van der Waals surface area contributed by atoms with E-state index in [0.29, 0.717) is 0 Å². The molecule has 0 aromatic rings. The number of imide groups is 1. The SMILES string of the molecule is CC(O)C(C)CN1C(=O)C=CC1=O. The number of carbonyl (C=O) groups is 2. The Hall–Kier alpha value is -1.16. The van der Waals surface area contributed by atoms with Crippen LogP contribution in [0.1, 0.15) is 13.8 Å². The predicted molar refractivity (Wildman–Crippen MR) is 46.7 cm³/mol. The van der Waals surface area contributed by atoms with E-state index in [1.165, 1.54) is 12.2 Å². The Morgan fingerprint density at radius 2 is 1.77 bits per heavy atom. The number of amides is 2. The minimum Gasteiger partial charge on any atom is -0.393 e. The lowest BCUT2D eigenvalue weighted by Crippen LogP contribution is -2.36. The molecule has 0 spiro atoms. The predicted octanol–water partition coefficient (Wildman–Crippen LogP) is -0.0717. The number of aliphatic hydroxyl groups is 1. The Labute approximate surface area is 76.8 Å². The van der Waals surface area contributed by atoms with Gasteiger partial charge in [0.15, 0.2) is 0 Å². The molecule has 0 saturated heterocycles. The van der Waals surface area contributed by atoms with Crippen molar-refractivity contribution in [2.75, 3.05) is 6.54 Å². The molecule has 1 aliphatic heterocycles. The second-order valence-electron chi connectivity index (χ2n) is 3.34. The van der Waals surface area contributed by atoms with Gasteiger partial charge >= 0.3 is 0 Å². The van der Waals surface area contributed by atoms with Crippen LogP contribution in [0, 0.1) is 5.92 Å². The maximum Gasteiger partial charge on any atom is 0.253 e. The highest BCUT2D eigenvalue weighted by Crippen LogP contribution is 2.10. The molecule has 0 aliphatic carbocycles. The Bertz CT molecular complexity index is 240. The van der Waals surface area contributed by atoms with Gasteiger partial charge in [-0.2, -0.15) is 0 Å². The zero-order valence-corrected chi connectivity index (χ0v) is 7.73. The van der Waals surface area contributed by atoms with E-state index in [9.17, 15) is 14.7 Å². The first kappa shape index (κ1) is 9.92. The lowest BCUT2D eigenvalue weighted by molar-refractivity contribution is -0.137. The molecule has 1 aliphatic rings. The maximum absolute atomic E-state index is 11.1. The van der Waals surface area contributed by atoms with E-state index in [1.807, 2.05) is 0 Å². The summed E-state index contributed by atoms with van der Waals surface area (Å²) in [7, 11) is 0. The molecule has 4 heteroatoms. The number of hydrogen-bond acceptors (Lipinski definition) is 3.